The first-order valence-electron chi connectivity index (χ1n) is 9.71. The molecule has 2 amide bonds. The quantitative estimate of drug-likeness (QED) is 0.373. The monoisotopic (exact) mass is 451 g/mol. The smallest absolute Gasteiger partial charge is 0.310 e. The summed E-state index contributed by atoms with van der Waals surface area (Å²) in [6.45, 7) is -0.469. The van der Waals surface area contributed by atoms with Gasteiger partial charge in [-0.1, -0.05) is 30.3 Å². The molecule has 0 saturated heterocycles. The second-order valence-corrected chi connectivity index (χ2v) is 6.63. The molecular weight excluding hydrogens is 430 g/mol. The predicted octanol–water partition coefficient (Wildman–Crippen LogP) is 3.88. The van der Waals surface area contributed by atoms with Gasteiger partial charge in [-0.05, 0) is 18.2 Å². The van der Waals surface area contributed by atoms with E-state index in [1.807, 2.05) is 0 Å². The van der Waals surface area contributed by atoms with E-state index in [1.54, 1.807) is 36.4 Å². The Morgan fingerprint density at radius 2 is 1.42 bits per heavy atom. The van der Waals surface area contributed by atoms with Crippen molar-refractivity contribution in [3.63, 3.8) is 0 Å². The van der Waals surface area contributed by atoms with Crippen LogP contribution < -0.4 is 24.8 Å². The minimum absolute atomic E-state index is 0.0267. The van der Waals surface area contributed by atoms with Crippen LogP contribution in [0.5, 0.6) is 17.2 Å². The number of methoxy groups -OCH3 is 2. The molecule has 2 N–H and O–H groups in total. The van der Waals surface area contributed by atoms with Crippen LogP contribution in [0, 0.1) is 10.1 Å². The Balaban J connectivity index is 1.74. The fourth-order valence-corrected chi connectivity index (χ4v) is 2.94. The summed E-state index contributed by atoms with van der Waals surface area (Å²) in [5, 5.41) is 16.4. The van der Waals surface area contributed by atoms with Crippen LogP contribution in [0.1, 0.15) is 10.4 Å². The normalized spacial score (nSPS) is 10.1. The van der Waals surface area contributed by atoms with E-state index >= 15 is 0 Å². The minimum atomic E-state index is -0.594. The number of nitro benzene ring substituents is 1. The second kappa shape index (κ2) is 10.6. The van der Waals surface area contributed by atoms with Gasteiger partial charge in [0.2, 0.25) is 0 Å². The molecule has 3 rings (SSSR count). The zero-order valence-corrected chi connectivity index (χ0v) is 17.9. The number of nitrogens with zero attached hydrogens (tertiary/aromatic N) is 1. The first kappa shape index (κ1) is 23.1. The summed E-state index contributed by atoms with van der Waals surface area (Å²) in [7, 11) is 2.83. The molecule has 0 bridgehead atoms. The van der Waals surface area contributed by atoms with Crippen molar-refractivity contribution in [3.05, 3.63) is 82.4 Å². The van der Waals surface area contributed by atoms with Crippen molar-refractivity contribution in [2.45, 2.75) is 0 Å². The van der Waals surface area contributed by atoms with Gasteiger partial charge in [0.1, 0.15) is 11.5 Å². The SMILES string of the molecule is COc1cc(NC(=O)c2ccccc2)c(OC)cc1NC(=O)COc1ccccc1[N+](=O)[O-]. The molecule has 3 aromatic rings. The van der Waals surface area contributed by atoms with Crippen LogP contribution in [0.15, 0.2) is 66.7 Å². The van der Waals surface area contributed by atoms with Crippen LogP contribution in [-0.2, 0) is 4.79 Å². The lowest BCUT2D eigenvalue weighted by Gasteiger charge is -2.16. The minimum Gasteiger partial charge on any atom is -0.494 e. The number of nitrogens with one attached hydrogen (secondary N) is 2. The summed E-state index contributed by atoms with van der Waals surface area (Å²) in [6.07, 6.45) is 0. The molecule has 3 aromatic carbocycles. The number of carbonyl (C=O) groups excluding carboxylic acids is 2. The van der Waals surface area contributed by atoms with Crippen molar-refractivity contribution in [2.75, 3.05) is 31.5 Å². The first-order valence-corrected chi connectivity index (χ1v) is 9.71. The van der Waals surface area contributed by atoms with E-state index in [0.717, 1.165) is 0 Å². The van der Waals surface area contributed by atoms with Gasteiger partial charge in [0, 0.05) is 23.8 Å². The lowest BCUT2D eigenvalue weighted by Crippen LogP contribution is -2.21. The molecule has 0 atom stereocenters. The van der Waals surface area contributed by atoms with Gasteiger partial charge >= 0.3 is 5.69 Å². The highest BCUT2D eigenvalue weighted by Gasteiger charge is 2.18. The fraction of sp³-hybridized carbons (Fsp3) is 0.130. The molecule has 170 valence electrons. The standard InChI is InChI=1S/C23H21N3O7/c1-31-20-13-17(25-23(28)15-8-4-3-5-9-15)21(32-2)12-16(20)24-22(27)14-33-19-11-7-6-10-18(19)26(29)30/h3-13H,14H2,1-2H3,(H,24,27)(H,25,28). The number of hydrogen-bond donors (Lipinski definition) is 2. The van der Waals surface area contributed by atoms with Crippen LogP contribution in [0.25, 0.3) is 0 Å². The zero-order valence-electron chi connectivity index (χ0n) is 17.9. The Morgan fingerprint density at radius 1 is 0.848 bits per heavy atom. The number of rotatable bonds is 9. The van der Waals surface area contributed by atoms with Gasteiger partial charge < -0.3 is 24.8 Å². The number of amides is 2. The Kier molecular flexibility index (Phi) is 7.43. The van der Waals surface area contributed by atoms with Crippen LogP contribution in [0.2, 0.25) is 0 Å². The van der Waals surface area contributed by atoms with Crippen LogP contribution in [0.4, 0.5) is 17.1 Å². The molecule has 0 radical (unpaired) electrons. The summed E-state index contributed by atoms with van der Waals surface area (Å²) >= 11 is 0. The van der Waals surface area contributed by atoms with Gasteiger partial charge in [-0.15, -0.1) is 0 Å². The molecule has 0 saturated carbocycles. The zero-order chi connectivity index (χ0) is 23.8. The molecule has 0 fully saturated rings. The Morgan fingerprint density at radius 3 is 2.03 bits per heavy atom. The van der Waals surface area contributed by atoms with Crippen molar-refractivity contribution in [1.82, 2.24) is 0 Å². The van der Waals surface area contributed by atoms with E-state index in [9.17, 15) is 19.7 Å². The molecule has 0 unspecified atom stereocenters. The van der Waals surface area contributed by atoms with E-state index in [2.05, 4.69) is 10.6 Å². The third kappa shape index (κ3) is 5.76. The van der Waals surface area contributed by atoms with Gasteiger partial charge in [0.25, 0.3) is 11.8 Å². The predicted molar refractivity (Wildman–Crippen MR) is 121 cm³/mol. The van der Waals surface area contributed by atoms with Gasteiger partial charge in [-0.25, -0.2) is 0 Å². The molecule has 10 nitrogen and oxygen atoms in total. The highest BCUT2D eigenvalue weighted by molar-refractivity contribution is 6.05. The van der Waals surface area contributed by atoms with Crippen LogP contribution >= 0.6 is 0 Å². The summed E-state index contributed by atoms with van der Waals surface area (Å²) in [6, 6.07) is 17.4. The van der Waals surface area contributed by atoms with Crippen molar-refractivity contribution in [1.29, 1.82) is 0 Å². The fourth-order valence-electron chi connectivity index (χ4n) is 2.94. The van der Waals surface area contributed by atoms with Gasteiger partial charge in [0.15, 0.2) is 12.4 Å². The number of carbonyl (C=O) groups is 2. The summed E-state index contributed by atoms with van der Waals surface area (Å²) in [5.74, 6) is -0.394. The van der Waals surface area contributed by atoms with Gasteiger partial charge in [-0.3, -0.25) is 19.7 Å². The average molecular weight is 451 g/mol. The molecular formula is C23H21N3O7. The second-order valence-electron chi connectivity index (χ2n) is 6.63. The molecule has 0 heterocycles. The lowest BCUT2D eigenvalue weighted by molar-refractivity contribution is -0.385. The number of benzene rings is 3. The number of nitro groups is 1. The van der Waals surface area contributed by atoms with E-state index in [0.29, 0.717) is 11.3 Å². The summed E-state index contributed by atoms with van der Waals surface area (Å²) < 4.78 is 16.0. The van der Waals surface area contributed by atoms with E-state index in [4.69, 9.17) is 14.2 Å². The molecule has 0 aromatic heterocycles. The molecule has 0 aliphatic carbocycles. The van der Waals surface area contributed by atoms with E-state index in [-0.39, 0.29) is 34.5 Å². The maximum absolute atomic E-state index is 12.5. The lowest BCUT2D eigenvalue weighted by atomic mass is 10.2. The maximum Gasteiger partial charge on any atom is 0.310 e. The molecule has 0 aliphatic rings. The Labute approximate surface area is 189 Å². The topological polar surface area (TPSA) is 129 Å². The van der Waals surface area contributed by atoms with E-state index in [1.165, 1.54) is 44.6 Å². The van der Waals surface area contributed by atoms with Crippen molar-refractivity contribution < 1.29 is 28.7 Å². The van der Waals surface area contributed by atoms with Crippen molar-refractivity contribution >= 4 is 28.9 Å². The average Bonchev–Trinajstić information content (AvgIpc) is 2.83. The van der Waals surface area contributed by atoms with Gasteiger partial charge in [-0.2, -0.15) is 0 Å². The number of anilines is 2. The van der Waals surface area contributed by atoms with Crippen LogP contribution in [0.3, 0.4) is 0 Å². The van der Waals surface area contributed by atoms with Crippen LogP contribution in [-0.4, -0.2) is 37.6 Å². The largest absolute Gasteiger partial charge is 0.494 e. The number of para-hydroxylation sites is 2. The van der Waals surface area contributed by atoms with Crippen molar-refractivity contribution in [2.24, 2.45) is 0 Å². The third-order valence-corrected chi connectivity index (χ3v) is 4.50. The maximum atomic E-state index is 12.5. The highest BCUT2D eigenvalue weighted by Crippen LogP contribution is 2.36. The summed E-state index contributed by atoms with van der Waals surface area (Å²) in [5.41, 5.74) is 0.826. The molecule has 10 heteroatoms. The molecule has 33 heavy (non-hydrogen) atoms. The van der Waals surface area contributed by atoms with E-state index < -0.39 is 17.4 Å². The number of ether oxygens (including phenoxy) is 3. The Hall–Kier alpha value is -4.60. The molecule has 0 aliphatic heterocycles. The Bertz CT molecular complexity index is 1170. The number of hydrogen-bond acceptors (Lipinski definition) is 7. The van der Waals surface area contributed by atoms with Crippen molar-refractivity contribution in [3.8, 4) is 17.2 Å². The third-order valence-electron chi connectivity index (χ3n) is 4.50. The summed E-state index contributed by atoms with van der Waals surface area (Å²) in [4.78, 5) is 35.4. The van der Waals surface area contributed by atoms with Gasteiger partial charge in [0.05, 0.1) is 30.5 Å². The molecule has 0 spiro atoms. The highest BCUT2D eigenvalue weighted by atomic mass is 16.6. The first-order chi connectivity index (χ1) is 15.9.